The molecule has 15 heavy (non-hydrogen) atoms. The Morgan fingerprint density at radius 2 is 1.40 bits per heavy atom. The number of halogens is 3. The molecular weight excluding hydrogens is 396 g/mol. The molecule has 3 nitrogen and oxygen atoms in total. The summed E-state index contributed by atoms with van der Waals surface area (Å²) in [5, 5.41) is 0. The summed E-state index contributed by atoms with van der Waals surface area (Å²) in [5.74, 6) is 1.01. The Hall–Kier alpha value is -0.0700. The molecule has 0 saturated heterocycles. The second kappa shape index (κ2) is 5.32. The van der Waals surface area contributed by atoms with Crippen molar-refractivity contribution in [2.24, 2.45) is 0 Å². The maximum Gasteiger partial charge on any atom is 0.177 e. The highest BCUT2D eigenvalue weighted by atomic mass is 79.9. The van der Waals surface area contributed by atoms with Crippen LogP contribution in [0, 0.1) is 0 Å². The van der Waals surface area contributed by atoms with Gasteiger partial charge in [0, 0.05) is 10.0 Å². The predicted molar refractivity (Wildman–Crippen MR) is 68.0 cm³/mol. The van der Waals surface area contributed by atoms with E-state index < -0.39 is 0 Å². The van der Waals surface area contributed by atoms with Crippen LogP contribution < -0.4 is 9.47 Å². The van der Waals surface area contributed by atoms with Gasteiger partial charge in [0.2, 0.25) is 0 Å². The number of benzene rings is 1. The maximum absolute atomic E-state index is 10.9. The minimum absolute atomic E-state index is 0.472. The fourth-order valence-electron chi connectivity index (χ4n) is 1.10. The molecule has 0 N–H and O–H groups in total. The maximum atomic E-state index is 10.9. The number of carbonyl (C=O) groups is 1. The van der Waals surface area contributed by atoms with E-state index in [-0.39, 0.29) is 0 Å². The average molecular weight is 403 g/mol. The molecule has 0 saturated carbocycles. The van der Waals surface area contributed by atoms with Crippen LogP contribution in [0.5, 0.6) is 11.5 Å². The molecule has 0 radical (unpaired) electrons. The SMILES string of the molecule is COc1c(Br)c(Br)c(C=O)c(Br)c1OC. The van der Waals surface area contributed by atoms with Crippen molar-refractivity contribution in [2.75, 3.05) is 14.2 Å². The van der Waals surface area contributed by atoms with E-state index in [0.29, 0.717) is 30.5 Å². The third-order valence-corrected chi connectivity index (χ3v) is 4.70. The van der Waals surface area contributed by atoms with Crippen molar-refractivity contribution >= 4 is 54.1 Å². The van der Waals surface area contributed by atoms with Gasteiger partial charge in [-0.2, -0.15) is 0 Å². The lowest BCUT2D eigenvalue weighted by Gasteiger charge is -2.14. The highest BCUT2D eigenvalue weighted by Crippen LogP contribution is 2.47. The molecule has 0 bridgehead atoms. The van der Waals surface area contributed by atoms with E-state index in [1.165, 1.54) is 14.2 Å². The normalized spacial score (nSPS) is 9.93. The second-order valence-corrected chi connectivity index (χ2v) is 4.92. The molecule has 0 aliphatic carbocycles. The number of aldehydes is 1. The lowest BCUT2D eigenvalue weighted by molar-refractivity contribution is 0.112. The molecule has 0 aliphatic rings. The topological polar surface area (TPSA) is 35.5 Å². The molecule has 0 fully saturated rings. The summed E-state index contributed by atoms with van der Waals surface area (Å²) in [5.41, 5.74) is 0.472. The van der Waals surface area contributed by atoms with E-state index in [2.05, 4.69) is 47.8 Å². The zero-order valence-electron chi connectivity index (χ0n) is 7.94. The van der Waals surface area contributed by atoms with Gasteiger partial charge in [-0.1, -0.05) is 0 Å². The first kappa shape index (κ1) is 13.0. The Bertz CT molecular complexity index is 404. The smallest absolute Gasteiger partial charge is 0.177 e. The molecular formula is C9H7Br3O3. The van der Waals surface area contributed by atoms with E-state index in [1.54, 1.807) is 0 Å². The van der Waals surface area contributed by atoms with E-state index in [1.807, 2.05) is 0 Å². The fraction of sp³-hybridized carbons (Fsp3) is 0.222. The Morgan fingerprint density at radius 3 is 1.80 bits per heavy atom. The summed E-state index contributed by atoms with van der Waals surface area (Å²) in [6.07, 6.45) is 0.737. The zero-order valence-corrected chi connectivity index (χ0v) is 12.7. The lowest BCUT2D eigenvalue weighted by atomic mass is 10.2. The Morgan fingerprint density at radius 1 is 0.933 bits per heavy atom. The fourth-order valence-corrected chi connectivity index (χ4v) is 3.03. The number of ether oxygens (including phenoxy) is 2. The number of hydrogen-bond donors (Lipinski definition) is 0. The van der Waals surface area contributed by atoms with E-state index in [0.717, 1.165) is 6.29 Å². The van der Waals surface area contributed by atoms with Gasteiger partial charge in [-0.3, -0.25) is 4.79 Å². The number of hydrogen-bond acceptors (Lipinski definition) is 3. The molecule has 0 heterocycles. The van der Waals surface area contributed by atoms with Crippen molar-refractivity contribution < 1.29 is 14.3 Å². The molecule has 0 unspecified atom stereocenters. The summed E-state index contributed by atoms with van der Waals surface area (Å²) in [7, 11) is 3.04. The molecule has 82 valence electrons. The van der Waals surface area contributed by atoms with Crippen LogP contribution in [0.25, 0.3) is 0 Å². The standard InChI is InChI=1S/C9H7Br3O3/c1-14-8-6(11)4(3-13)5(10)7(12)9(8)15-2/h3H,1-2H3. The van der Waals surface area contributed by atoms with Gasteiger partial charge in [-0.05, 0) is 47.8 Å². The number of carbonyl (C=O) groups excluding carboxylic acids is 1. The summed E-state index contributed by atoms with van der Waals surface area (Å²) in [6, 6.07) is 0. The first-order valence-electron chi connectivity index (χ1n) is 3.82. The van der Waals surface area contributed by atoms with Crippen LogP contribution in [0.3, 0.4) is 0 Å². The second-order valence-electron chi connectivity index (χ2n) is 2.54. The highest BCUT2D eigenvalue weighted by Gasteiger charge is 2.21. The third-order valence-electron chi connectivity index (χ3n) is 1.80. The molecule has 0 aliphatic heterocycles. The first-order valence-corrected chi connectivity index (χ1v) is 6.20. The van der Waals surface area contributed by atoms with Crippen molar-refractivity contribution in [3.05, 3.63) is 19.0 Å². The quantitative estimate of drug-likeness (QED) is 0.570. The third kappa shape index (κ3) is 2.21. The number of rotatable bonds is 3. The van der Waals surface area contributed by atoms with Crippen LogP contribution in [-0.4, -0.2) is 20.5 Å². The molecule has 0 amide bonds. The summed E-state index contributed by atoms with van der Waals surface area (Å²) >= 11 is 9.92. The van der Waals surface area contributed by atoms with E-state index >= 15 is 0 Å². The predicted octanol–water partition coefficient (Wildman–Crippen LogP) is 3.80. The van der Waals surface area contributed by atoms with Crippen LogP contribution in [-0.2, 0) is 0 Å². The first-order chi connectivity index (χ1) is 7.08. The van der Waals surface area contributed by atoms with Crippen molar-refractivity contribution in [1.29, 1.82) is 0 Å². The molecule has 6 heteroatoms. The van der Waals surface area contributed by atoms with Gasteiger partial charge in [-0.25, -0.2) is 0 Å². The Labute approximate surface area is 113 Å². The summed E-state index contributed by atoms with van der Waals surface area (Å²) in [6.45, 7) is 0. The minimum atomic E-state index is 0.472. The molecule has 1 aromatic carbocycles. The Kier molecular flexibility index (Phi) is 4.61. The molecule has 0 atom stereocenters. The Balaban J connectivity index is 3.64. The van der Waals surface area contributed by atoms with Crippen molar-refractivity contribution in [2.45, 2.75) is 0 Å². The van der Waals surface area contributed by atoms with Crippen molar-refractivity contribution in [3.63, 3.8) is 0 Å². The van der Waals surface area contributed by atoms with Crippen molar-refractivity contribution in [1.82, 2.24) is 0 Å². The van der Waals surface area contributed by atoms with Gasteiger partial charge in [0.15, 0.2) is 17.8 Å². The highest BCUT2D eigenvalue weighted by molar-refractivity contribution is 9.13. The van der Waals surface area contributed by atoms with Gasteiger partial charge in [0.1, 0.15) is 0 Å². The zero-order chi connectivity index (χ0) is 11.6. The average Bonchev–Trinajstić information content (AvgIpc) is 2.23. The van der Waals surface area contributed by atoms with Crippen LogP contribution in [0.4, 0.5) is 0 Å². The number of methoxy groups -OCH3 is 2. The largest absolute Gasteiger partial charge is 0.492 e. The monoisotopic (exact) mass is 400 g/mol. The van der Waals surface area contributed by atoms with E-state index in [9.17, 15) is 4.79 Å². The molecule has 0 spiro atoms. The van der Waals surface area contributed by atoms with Gasteiger partial charge in [-0.15, -0.1) is 0 Å². The lowest BCUT2D eigenvalue weighted by Crippen LogP contribution is -1.97. The summed E-state index contributed by atoms with van der Waals surface area (Å²) < 4.78 is 12.2. The van der Waals surface area contributed by atoms with Crippen LogP contribution in [0.2, 0.25) is 0 Å². The van der Waals surface area contributed by atoms with Gasteiger partial charge < -0.3 is 9.47 Å². The van der Waals surface area contributed by atoms with Crippen LogP contribution >= 0.6 is 47.8 Å². The molecule has 1 rings (SSSR count). The summed E-state index contributed by atoms with van der Waals surface area (Å²) in [4.78, 5) is 10.9. The van der Waals surface area contributed by atoms with Gasteiger partial charge in [0.05, 0.1) is 23.2 Å². The van der Waals surface area contributed by atoms with Crippen molar-refractivity contribution in [3.8, 4) is 11.5 Å². The van der Waals surface area contributed by atoms with Crippen LogP contribution in [0.1, 0.15) is 10.4 Å². The molecule has 0 aromatic heterocycles. The van der Waals surface area contributed by atoms with Crippen LogP contribution in [0.15, 0.2) is 13.4 Å². The minimum Gasteiger partial charge on any atom is -0.492 e. The van der Waals surface area contributed by atoms with Gasteiger partial charge >= 0.3 is 0 Å². The van der Waals surface area contributed by atoms with Gasteiger partial charge in [0.25, 0.3) is 0 Å². The molecule has 1 aromatic rings. The van der Waals surface area contributed by atoms with E-state index in [4.69, 9.17) is 9.47 Å².